The number of hydrogen-bond acceptors (Lipinski definition) is 3. The topological polar surface area (TPSA) is 58.6 Å². The summed E-state index contributed by atoms with van der Waals surface area (Å²) >= 11 is 0. The molecule has 1 saturated heterocycles. The summed E-state index contributed by atoms with van der Waals surface area (Å²) in [6, 6.07) is 14.3. The molecule has 1 unspecified atom stereocenters. The molecule has 1 N–H and O–H groups in total. The highest BCUT2D eigenvalue weighted by atomic mass is 19.3. The number of alkyl halides is 2. The number of carbonyl (C=O) groups is 2. The van der Waals surface area contributed by atoms with Crippen LogP contribution in [0.25, 0.3) is 0 Å². The molecule has 1 fully saturated rings. The van der Waals surface area contributed by atoms with E-state index in [1.54, 1.807) is 31.2 Å². The molecule has 2 aromatic rings. The highest BCUT2D eigenvalue weighted by Crippen LogP contribution is 2.29. The van der Waals surface area contributed by atoms with Crippen molar-refractivity contribution in [2.75, 3.05) is 0 Å². The SMILES string of the molecule is CC1(c2ccccc2)NC(=O)N(Cc2ccc(OC(F)F)cc2)C1=O. The van der Waals surface area contributed by atoms with E-state index < -0.39 is 18.2 Å². The molecule has 1 heterocycles. The van der Waals surface area contributed by atoms with Crippen molar-refractivity contribution in [2.45, 2.75) is 25.6 Å². The third kappa shape index (κ3) is 3.31. The van der Waals surface area contributed by atoms with Crippen LogP contribution in [0.4, 0.5) is 13.6 Å². The molecule has 1 aliphatic heterocycles. The number of amides is 3. The zero-order valence-corrected chi connectivity index (χ0v) is 13.4. The zero-order chi connectivity index (χ0) is 18.0. The van der Waals surface area contributed by atoms with Gasteiger partial charge in [-0.25, -0.2) is 4.79 Å². The predicted molar refractivity (Wildman–Crippen MR) is 85.9 cm³/mol. The second kappa shape index (κ2) is 6.51. The molecule has 3 rings (SSSR count). The average Bonchev–Trinajstić information content (AvgIpc) is 2.81. The van der Waals surface area contributed by atoms with Crippen molar-refractivity contribution in [2.24, 2.45) is 0 Å². The summed E-state index contributed by atoms with van der Waals surface area (Å²) in [7, 11) is 0. The Bertz CT molecular complexity index is 781. The molecule has 0 radical (unpaired) electrons. The van der Waals surface area contributed by atoms with Crippen LogP contribution in [0.15, 0.2) is 54.6 Å². The molecule has 0 saturated carbocycles. The number of ether oxygens (including phenoxy) is 1. The second-order valence-corrected chi connectivity index (χ2v) is 5.83. The first-order valence-corrected chi connectivity index (χ1v) is 7.63. The minimum atomic E-state index is -2.90. The number of benzene rings is 2. The van der Waals surface area contributed by atoms with Gasteiger partial charge in [0.25, 0.3) is 5.91 Å². The largest absolute Gasteiger partial charge is 0.435 e. The van der Waals surface area contributed by atoms with Gasteiger partial charge in [0.1, 0.15) is 11.3 Å². The summed E-state index contributed by atoms with van der Waals surface area (Å²) in [5.41, 5.74) is 0.191. The molecule has 0 spiro atoms. The van der Waals surface area contributed by atoms with Gasteiger partial charge in [-0.05, 0) is 30.2 Å². The Morgan fingerprint density at radius 2 is 1.72 bits per heavy atom. The summed E-state index contributed by atoms with van der Waals surface area (Å²) in [5, 5.41) is 2.72. The van der Waals surface area contributed by atoms with Gasteiger partial charge in [-0.2, -0.15) is 8.78 Å². The van der Waals surface area contributed by atoms with E-state index in [0.29, 0.717) is 11.1 Å². The lowest BCUT2D eigenvalue weighted by Crippen LogP contribution is -2.40. The third-order valence-corrected chi connectivity index (χ3v) is 4.12. The Labute approximate surface area is 143 Å². The van der Waals surface area contributed by atoms with Crippen molar-refractivity contribution < 1.29 is 23.1 Å². The molecular weight excluding hydrogens is 330 g/mol. The van der Waals surface area contributed by atoms with Crippen molar-refractivity contribution in [1.29, 1.82) is 0 Å². The van der Waals surface area contributed by atoms with Crippen LogP contribution < -0.4 is 10.1 Å². The van der Waals surface area contributed by atoms with Crippen molar-refractivity contribution in [3.05, 3.63) is 65.7 Å². The number of hydrogen-bond donors (Lipinski definition) is 1. The van der Waals surface area contributed by atoms with Gasteiger partial charge in [-0.15, -0.1) is 0 Å². The fourth-order valence-electron chi connectivity index (χ4n) is 2.77. The molecule has 2 aromatic carbocycles. The molecule has 130 valence electrons. The van der Waals surface area contributed by atoms with Crippen LogP contribution in [0, 0.1) is 0 Å². The normalized spacial score (nSPS) is 20.1. The number of halogens is 2. The summed E-state index contributed by atoms with van der Waals surface area (Å²) in [6.45, 7) is -1.20. The highest BCUT2D eigenvalue weighted by Gasteiger charge is 2.48. The second-order valence-electron chi connectivity index (χ2n) is 5.83. The number of carbonyl (C=O) groups excluding carboxylic acids is 2. The van der Waals surface area contributed by atoms with E-state index in [4.69, 9.17) is 0 Å². The standard InChI is InChI=1S/C18H16F2N2O3/c1-18(13-5-3-2-4-6-13)15(23)22(17(24)21-18)11-12-7-9-14(10-8-12)25-16(19)20/h2-10,16H,11H2,1H3,(H,21,24). The third-order valence-electron chi connectivity index (χ3n) is 4.12. The highest BCUT2D eigenvalue weighted by molar-refractivity contribution is 6.07. The van der Waals surface area contributed by atoms with Gasteiger partial charge in [0.05, 0.1) is 6.54 Å². The van der Waals surface area contributed by atoms with Gasteiger partial charge in [0.2, 0.25) is 0 Å². The van der Waals surface area contributed by atoms with Crippen LogP contribution in [-0.2, 0) is 16.9 Å². The van der Waals surface area contributed by atoms with E-state index in [1.807, 2.05) is 6.07 Å². The maximum Gasteiger partial charge on any atom is 0.387 e. The molecule has 7 heteroatoms. The smallest absolute Gasteiger partial charge is 0.387 e. The van der Waals surface area contributed by atoms with E-state index in [9.17, 15) is 18.4 Å². The number of rotatable bonds is 5. The van der Waals surface area contributed by atoms with Crippen molar-refractivity contribution in [3.8, 4) is 5.75 Å². The number of imide groups is 1. The Morgan fingerprint density at radius 3 is 2.32 bits per heavy atom. The van der Waals surface area contributed by atoms with Gasteiger partial charge < -0.3 is 10.1 Å². The summed E-state index contributed by atoms with van der Waals surface area (Å²) in [6.07, 6.45) is 0. The number of nitrogens with zero attached hydrogens (tertiary/aromatic N) is 1. The number of urea groups is 1. The van der Waals surface area contributed by atoms with E-state index in [0.717, 1.165) is 4.90 Å². The molecule has 0 bridgehead atoms. The molecule has 0 aliphatic carbocycles. The van der Waals surface area contributed by atoms with Crippen LogP contribution in [0.2, 0.25) is 0 Å². The van der Waals surface area contributed by atoms with Gasteiger partial charge >= 0.3 is 12.6 Å². The molecule has 25 heavy (non-hydrogen) atoms. The lowest BCUT2D eigenvalue weighted by molar-refractivity contribution is -0.131. The maximum atomic E-state index is 12.8. The fourth-order valence-corrected chi connectivity index (χ4v) is 2.77. The van der Waals surface area contributed by atoms with Gasteiger partial charge in [-0.3, -0.25) is 9.69 Å². The molecular formula is C18H16F2N2O3. The van der Waals surface area contributed by atoms with Crippen molar-refractivity contribution >= 4 is 11.9 Å². The van der Waals surface area contributed by atoms with E-state index in [-0.39, 0.29) is 18.2 Å². The summed E-state index contributed by atoms with van der Waals surface area (Å²) in [4.78, 5) is 26.1. The minimum absolute atomic E-state index is 0.0186. The zero-order valence-electron chi connectivity index (χ0n) is 13.4. The van der Waals surface area contributed by atoms with E-state index in [1.165, 1.54) is 24.3 Å². The first kappa shape index (κ1) is 16.9. The molecule has 3 amide bonds. The Kier molecular flexibility index (Phi) is 4.39. The average molecular weight is 346 g/mol. The van der Waals surface area contributed by atoms with Gasteiger partial charge in [0.15, 0.2) is 0 Å². The van der Waals surface area contributed by atoms with Crippen LogP contribution in [0.1, 0.15) is 18.1 Å². The van der Waals surface area contributed by atoms with E-state index in [2.05, 4.69) is 10.1 Å². The maximum absolute atomic E-state index is 12.8. The number of nitrogens with one attached hydrogen (secondary N) is 1. The molecule has 0 aromatic heterocycles. The monoisotopic (exact) mass is 346 g/mol. The van der Waals surface area contributed by atoms with Crippen LogP contribution in [0.5, 0.6) is 5.75 Å². The molecule has 1 atom stereocenters. The van der Waals surface area contributed by atoms with Gasteiger partial charge in [0, 0.05) is 0 Å². The lowest BCUT2D eigenvalue weighted by atomic mass is 9.92. The van der Waals surface area contributed by atoms with E-state index >= 15 is 0 Å². The fraction of sp³-hybridized carbons (Fsp3) is 0.222. The molecule has 5 nitrogen and oxygen atoms in total. The Balaban J connectivity index is 1.77. The first-order valence-electron chi connectivity index (χ1n) is 7.63. The Morgan fingerprint density at radius 1 is 1.08 bits per heavy atom. The lowest BCUT2D eigenvalue weighted by Gasteiger charge is -2.22. The first-order chi connectivity index (χ1) is 11.9. The van der Waals surface area contributed by atoms with Crippen molar-refractivity contribution in [3.63, 3.8) is 0 Å². The molecule has 1 aliphatic rings. The Hall–Kier alpha value is -2.96. The predicted octanol–water partition coefficient (Wildman–Crippen LogP) is 3.26. The minimum Gasteiger partial charge on any atom is -0.435 e. The van der Waals surface area contributed by atoms with Crippen LogP contribution >= 0.6 is 0 Å². The quantitative estimate of drug-likeness (QED) is 0.846. The van der Waals surface area contributed by atoms with Crippen molar-refractivity contribution in [1.82, 2.24) is 10.2 Å². The summed E-state index contributed by atoms with van der Waals surface area (Å²) in [5.74, 6) is -0.346. The van der Waals surface area contributed by atoms with Crippen LogP contribution in [0.3, 0.4) is 0 Å². The summed E-state index contributed by atoms with van der Waals surface area (Å²) < 4.78 is 28.6. The van der Waals surface area contributed by atoms with Gasteiger partial charge in [-0.1, -0.05) is 42.5 Å². The van der Waals surface area contributed by atoms with Crippen LogP contribution in [-0.4, -0.2) is 23.4 Å².